The monoisotopic (exact) mass is 386 g/mol. The zero-order valence-electron chi connectivity index (χ0n) is 19.7. The Hall–Kier alpha value is -2.34. The van der Waals surface area contributed by atoms with E-state index in [1.807, 2.05) is 13.8 Å². The van der Waals surface area contributed by atoms with Crippen LogP contribution in [0, 0.1) is 20.8 Å². The van der Waals surface area contributed by atoms with Crippen LogP contribution >= 0.6 is 0 Å². The van der Waals surface area contributed by atoms with Crippen LogP contribution in [-0.2, 0) is 12.8 Å². The molecule has 154 valence electrons. The highest BCUT2D eigenvalue weighted by molar-refractivity contribution is 5.81. The van der Waals surface area contributed by atoms with Crippen molar-refractivity contribution in [1.29, 1.82) is 0 Å². The van der Waals surface area contributed by atoms with Crippen LogP contribution < -0.4 is 0 Å². The Kier molecular flexibility index (Phi) is 8.26. The molecule has 29 heavy (non-hydrogen) atoms. The van der Waals surface area contributed by atoms with E-state index < -0.39 is 0 Å². The summed E-state index contributed by atoms with van der Waals surface area (Å²) in [6.45, 7) is 17.1. The van der Waals surface area contributed by atoms with Crippen molar-refractivity contribution >= 4 is 0 Å². The first-order valence-electron chi connectivity index (χ1n) is 11.3. The molecule has 0 atom stereocenters. The third-order valence-corrected chi connectivity index (χ3v) is 5.42. The van der Waals surface area contributed by atoms with Crippen molar-refractivity contribution in [3.8, 4) is 22.3 Å². The molecule has 0 radical (unpaired) electrons. The summed E-state index contributed by atoms with van der Waals surface area (Å²) in [6.07, 6.45) is 3.42. The quantitative estimate of drug-likeness (QED) is 0.323. The molecule has 0 bridgehead atoms. The molecule has 0 heteroatoms. The maximum absolute atomic E-state index is 2.39. The summed E-state index contributed by atoms with van der Waals surface area (Å²) in [6, 6.07) is 18.5. The predicted molar refractivity (Wildman–Crippen MR) is 131 cm³/mol. The number of rotatable bonds is 2. The van der Waals surface area contributed by atoms with E-state index in [4.69, 9.17) is 0 Å². The SMILES string of the molecule is CC.CCC.CCc1c(C)cc(-c2ccc3c(c2)Cc2ccc(C)cc2-3)cc1C. The average molecular weight is 387 g/mol. The zero-order chi connectivity index (χ0) is 21.6. The van der Waals surface area contributed by atoms with E-state index in [0.29, 0.717) is 0 Å². The standard InChI is InChI=1S/C24H24.C3H8.C2H6/c1-5-22-16(3)11-20(12-17(22)4)18-8-9-23-21(13-18)14-19-7-6-15(2)10-24(19)23;1-3-2;1-2/h6-13H,5,14H2,1-4H3;3H2,1-2H3;1-2H3. The van der Waals surface area contributed by atoms with Gasteiger partial charge in [0.15, 0.2) is 0 Å². The Morgan fingerprint density at radius 3 is 1.86 bits per heavy atom. The van der Waals surface area contributed by atoms with Crippen LogP contribution in [0.1, 0.15) is 74.4 Å². The normalized spacial score (nSPS) is 10.9. The first-order chi connectivity index (χ1) is 14.0. The summed E-state index contributed by atoms with van der Waals surface area (Å²) in [5.74, 6) is 0. The molecule has 0 amide bonds. The van der Waals surface area contributed by atoms with Crippen molar-refractivity contribution in [1.82, 2.24) is 0 Å². The van der Waals surface area contributed by atoms with Gasteiger partial charge in [-0.25, -0.2) is 0 Å². The highest BCUT2D eigenvalue weighted by atomic mass is 14.2. The molecule has 0 saturated heterocycles. The smallest absolute Gasteiger partial charge is 0.00132 e. The number of hydrogen-bond acceptors (Lipinski definition) is 0. The molecule has 3 aromatic carbocycles. The first-order valence-corrected chi connectivity index (χ1v) is 11.3. The van der Waals surface area contributed by atoms with Gasteiger partial charge in [-0.3, -0.25) is 0 Å². The van der Waals surface area contributed by atoms with Gasteiger partial charge in [0.25, 0.3) is 0 Å². The molecule has 0 nitrogen and oxygen atoms in total. The van der Waals surface area contributed by atoms with Gasteiger partial charge in [0, 0.05) is 0 Å². The molecule has 0 aromatic heterocycles. The summed E-state index contributed by atoms with van der Waals surface area (Å²) in [5, 5.41) is 0. The minimum Gasteiger partial charge on any atom is -0.0683 e. The van der Waals surface area contributed by atoms with E-state index >= 15 is 0 Å². The van der Waals surface area contributed by atoms with E-state index in [2.05, 4.69) is 90.1 Å². The lowest BCUT2D eigenvalue weighted by atomic mass is 9.93. The van der Waals surface area contributed by atoms with Crippen molar-refractivity contribution in [3.63, 3.8) is 0 Å². The van der Waals surface area contributed by atoms with E-state index in [9.17, 15) is 0 Å². The molecule has 0 saturated carbocycles. The second-order valence-electron chi connectivity index (χ2n) is 7.86. The lowest BCUT2D eigenvalue weighted by Gasteiger charge is -2.12. The van der Waals surface area contributed by atoms with Crippen molar-refractivity contribution < 1.29 is 0 Å². The molecular weight excluding hydrogens is 348 g/mol. The molecule has 3 aromatic rings. The second kappa shape index (κ2) is 10.4. The van der Waals surface area contributed by atoms with Gasteiger partial charge in [-0.1, -0.05) is 95.1 Å². The van der Waals surface area contributed by atoms with Crippen LogP contribution in [0.4, 0.5) is 0 Å². The summed E-state index contributed by atoms with van der Waals surface area (Å²) in [4.78, 5) is 0. The van der Waals surface area contributed by atoms with Crippen LogP contribution in [0.3, 0.4) is 0 Å². The van der Waals surface area contributed by atoms with Crippen LogP contribution in [0.2, 0.25) is 0 Å². The summed E-state index contributed by atoms with van der Waals surface area (Å²) < 4.78 is 0. The molecule has 0 aliphatic heterocycles. The lowest BCUT2D eigenvalue weighted by molar-refractivity contribution is 1.08. The molecular formula is C29H38. The van der Waals surface area contributed by atoms with Crippen molar-refractivity contribution in [3.05, 3.63) is 81.9 Å². The third kappa shape index (κ3) is 4.99. The number of benzene rings is 3. The lowest BCUT2D eigenvalue weighted by Crippen LogP contribution is -1.93. The number of aryl methyl sites for hydroxylation is 3. The van der Waals surface area contributed by atoms with Crippen molar-refractivity contribution in [2.75, 3.05) is 0 Å². The minimum absolute atomic E-state index is 1.06. The fraction of sp³-hybridized carbons (Fsp3) is 0.379. The van der Waals surface area contributed by atoms with Crippen LogP contribution in [0.15, 0.2) is 48.5 Å². The zero-order valence-corrected chi connectivity index (χ0v) is 19.7. The van der Waals surface area contributed by atoms with Crippen LogP contribution in [-0.4, -0.2) is 0 Å². The van der Waals surface area contributed by atoms with Gasteiger partial charge in [-0.15, -0.1) is 0 Å². The van der Waals surface area contributed by atoms with Crippen LogP contribution in [0.25, 0.3) is 22.3 Å². The highest BCUT2D eigenvalue weighted by Crippen LogP contribution is 2.39. The van der Waals surface area contributed by atoms with E-state index in [0.717, 1.165) is 12.8 Å². The Morgan fingerprint density at radius 1 is 0.655 bits per heavy atom. The summed E-state index contributed by atoms with van der Waals surface area (Å²) >= 11 is 0. The number of hydrogen-bond donors (Lipinski definition) is 0. The fourth-order valence-electron chi connectivity index (χ4n) is 4.20. The molecule has 0 spiro atoms. The van der Waals surface area contributed by atoms with E-state index in [1.165, 1.54) is 62.1 Å². The molecule has 4 rings (SSSR count). The molecule has 1 aliphatic carbocycles. The van der Waals surface area contributed by atoms with E-state index in [-0.39, 0.29) is 0 Å². The van der Waals surface area contributed by atoms with Gasteiger partial charge in [0.05, 0.1) is 0 Å². The second-order valence-corrected chi connectivity index (χ2v) is 7.86. The fourth-order valence-corrected chi connectivity index (χ4v) is 4.20. The Balaban J connectivity index is 0.000000551. The topological polar surface area (TPSA) is 0 Å². The van der Waals surface area contributed by atoms with E-state index in [1.54, 1.807) is 0 Å². The van der Waals surface area contributed by atoms with Crippen molar-refractivity contribution in [2.24, 2.45) is 0 Å². The van der Waals surface area contributed by atoms with Gasteiger partial charge < -0.3 is 0 Å². The Bertz CT molecular complexity index is 937. The van der Waals surface area contributed by atoms with Crippen molar-refractivity contribution in [2.45, 2.75) is 74.7 Å². The van der Waals surface area contributed by atoms with Gasteiger partial charge in [-0.2, -0.15) is 0 Å². The van der Waals surface area contributed by atoms with Gasteiger partial charge in [-0.05, 0) is 83.7 Å². The average Bonchev–Trinajstić information content (AvgIpc) is 3.07. The maximum Gasteiger partial charge on any atom is -0.00132 e. The molecule has 0 fully saturated rings. The Morgan fingerprint density at radius 2 is 1.28 bits per heavy atom. The maximum atomic E-state index is 2.39. The molecule has 0 heterocycles. The Labute approximate surface area is 179 Å². The molecule has 1 aliphatic rings. The van der Waals surface area contributed by atoms with Gasteiger partial charge in [0.2, 0.25) is 0 Å². The number of fused-ring (bicyclic) bond motifs is 3. The largest absolute Gasteiger partial charge is 0.0683 e. The third-order valence-electron chi connectivity index (χ3n) is 5.42. The molecule has 0 unspecified atom stereocenters. The molecule has 0 N–H and O–H groups in total. The minimum atomic E-state index is 1.06. The van der Waals surface area contributed by atoms with Gasteiger partial charge >= 0.3 is 0 Å². The highest BCUT2D eigenvalue weighted by Gasteiger charge is 2.19. The summed E-state index contributed by atoms with van der Waals surface area (Å²) in [5.41, 5.74) is 14.1. The van der Waals surface area contributed by atoms with Gasteiger partial charge in [0.1, 0.15) is 0 Å². The first kappa shape index (κ1) is 22.9. The summed E-state index contributed by atoms with van der Waals surface area (Å²) in [7, 11) is 0. The van der Waals surface area contributed by atoms with Crippen LogP contribution in [0.5, 0.6) is 0 Å². The predicted octanol–water partition coefficient (Wildman–Crippen LogP) is 8.85.